The highest BCUT2D eigenvalue weighted by Crippen LogP contribution is 1.69. The Hall–Kier alpha value is -0.300. The molecule has 0 aromatic carbocycles. The average Bonchev–Trinajstić information content (AvgIpc) is 1.61. The van der Waals surface area contributed by atoms with E-state index in [2.05, 4.69) is 6.58 Å². The third kappa shape index (κ3) is 3.70. The first-order valence-electron chi connectivity index (χ1n) is 2.10. The van der Waals surface area contributed by atoms with Crippen molar-refractivity contribution in [2.75, 3.05) is 13.2 Å². The standard InChI is InChI=1S/C5H10O/c1-3-5-6-4-2/h3H,1,4-5H2,2H3/i4+1. The highest BCUT2D eigenvalue weighted by molar-refractivity contribution is 4.62. The van der Waals surface area contributed by atoms with E-state index in [0.717, 1.165) is 6.61 Å². The zero-order valence-corrected chi connectivity index (χ0v) is 4.11. The van der Waals surface area contributed by atoms with Crippen LogP contribution in [0.25, 0.3) is 0 Å². The largest absolute Gasteiger partial charge is 0.378 e. The normalized spacial score (nSPS) is 8.17. The molecule has 0 fully saturated rings. The summed E-state index contributed by atoms with van der Waals surface area (Å²) >= 11 is 0. The van der Waals surface area contributed by atoms with Crippen LogP contribution >= 0.6 is 0 Å². The van der Waals surface area contributed by atoms with Gasteiger partial charge < -0.3 is 4.74 Å². The highest BCUT2D eigenvalue weighted by Gasteiger charge is 1.67. The molecule has 0 aliphatic rings. The summed E-state index contributed by atoms with van der Waals surface area (Å²) in [6, 6.07) is 0. The average molecular weight is 87.1 g/mol. The van der Waals surface area contributed by atoms with Crippen LogP contribution in [0.3, 0.4) is 0 Å². The Morgan fingerprint density at radius 2 is 2.50 bits per heavy atom. The predicted molar refractivity (Wildman–Crippen MR) is 26.7 cm³/mol. The summed E-state index contributed by atoms with van der Waals surface area (Å²) in [6.07, 6.45) is 1.74. The molecule has 1 heteroatoms. The molecule has 1 nitrogen and oxygen atoms in total. The van der Waals surface area contributed by atoms with Crippen molar-refractivity contribution in [1.29, 1.82) is 0 Å². The zero-order valence-electron chi connectivity index (χ0n) is 4.11. The first-order valence-corrected chi connectivity index (χ1v) is 2.10. The van der Waals surface area contributed by atoms with Crippen LogP contribution in [0.1, 0.15) is 6.92 Å². The van der Waals surface area contributed by atoms with Gasteiger partial charge in [0.05, 0.1) is 6.61 Å². The Balaban J connectivity index is 2.49. The van der Waals surface area contributed by atoms with Gasteiger partial charge in [-0.25, -0.2) is 0 Å². The minimum absolute atomic E-state index is 0.677. The lowest BCUT2D eigenvalue weighted by molar-refractivity contribution is 0.178. The van der Waals surface area contributed by atoms with Crippen molar-refractivity contribution in [3.63, 3.8) is 0 Å². The molecule has 0 aromatic rings. The number of rotatable bonds is 3. The van der Waals surface area contributed by atoms with Crippen LogP contribution in [0.2, 0.25) is 0 Å². The smallest absolute Gasteiger partial charge is 0.0644 e. The minimum Gasteiger partial charge on any atom is -0.378 e. The van der Waals surface area contributed by atoms with Crippen LogP contribution in [-0.4, -0.2) is 13.2 Å². The minimum atomic E-state index is 0.677. The van der Waals surface area contributed by atoms with Gasteiger partial charge in [-0.15, -0.1) is 6.58 Å². The molecule has 0 saturated heterocycles. The van der Waals surface area contributed by atoms with Gasteiger partial charge >= 0.3 is 0 Å². The van der Waals surface area contributed by atoms with Gasteiger partial charge in [0.1, 0.15) is 0 Å². The second-order valence-electron chi connectivity index (χ2n) is 0.948. The molecule has 0 radical (unpaired) electrons. The van der Waals surface area contributed by atoms with Gasteiger partial charge in [-0.3, -0.25) is 0 Å². The van der Waals surface area contributed by atoms with Gasteiger partial charge in [-0.2, -0.15) is 0 Å². The SMILES string of the molecule is C=CCO[13CH2]C. The van der Waals surface area contributed by atoms with Gasteiger partial charge in [0.25, 0.3) is 0 Å². The third-order valence-corrected chi connectivity index (χ3v) is 0.440. The summed E-state index contributed by atoms with van der Waals surface area (Å²) in [7, 11) is 0. The molecule has 0 aliphatic carbocycles. The lowest BCUT2D eigenvalue weighted by Gasteiger charge is -1.88. The molecule has 0 rings (SSSR count). The Labute approximate surface area is 38.6 Å². The van der Waals surface area contributed by atoms with E-state index < -0.39 is 0 Å². The molecule has 36 valence electrons. The molecular formula is C5H10O. The summed E-state index contributed by atoms with van der Waals surface area (Å²) in [5.74, 6) is 0. The molecule has 0 amide bonds. The molecular weight excluding hydrogens is 77.0 g/mol. The molecule has 0 saturated carbocycles. The summed E-state index contributed by atoms with van der Waals surface area (Å²) in [5.41, 5.74) is 0. The molecule has 6 heavy (non-hydrogen) atoms. The molecule has 0 unspecified atom stereocenters. The second-order valence-corrected chi connectivity index (χ2v) is 0.948. The number of hydrogen-bond acceptors (Lipinski definition) is 1. The van der Waals surface area contributed by atoms with Gasteiger partial charge in [0.15, 0.2) is 0 Å². The molecule has 0 aromatic heterocycles. The van der Waals surface area contributed by atoms with Crippen molar-refractivity contribution >= 4 is 0 Å². The molecule has 0 atom stereocenters. The van der Waals surface area contributed by atoms with Gasteiger partial charge in [-0.1, -0.05) is 6.08 Å². The molecule has 0 spiro atoms. The Bertz CT molecular complexity index is 32.9. The summed E-state index contributed by atoms with van der Waals surface area (Å²) < 4.78 is 4.86. The van der Waals surface area contributed by atoms with E-state index in [9.17, 15) is 0 Å². The fraction of sp³-hybridized carbons (Fsp3) is 0.600. The monoisotopic (exact) mass is 87.1 g/mol. The molecule has 0 bridgehead atoms. The third-order valence-electron chi connectivity index (χ3n) is 0.440. The van der Waals surface area contributed by atoms with E-state index in [1.807, 2.05) is 6.92 Å². The number of hydrogen-bond donors (Lipinski definition) is 0. The van der Waals surface area contributed by atoms with E-state index in [0.29, 0.717) is 6.61 Å². The van der Waals surface area contributed by atoms with Crippen LogP contribution in [0.5, 0.6) is 0 Å². The van der Waals surface area contributed by atoms with Crippen LogP contribution in [0.15, 0.2) is 12.7 Å². The van der Waals surface area contributed by atoms with Crippen molar-refractivity contribution in [1.82, 2.24) is 0 Å². The fourth-order valence-electron chi connectivity index (χ4n) is 0.201. The topological polar surface area (TPSA) is 9.23 Å². The summed E-state index contributed by atoms with van der Waals surface area (Å²) in [5, 5.41) is 0. The maximum atomic E-state index is 4.86. The first kappa shape index (κ1) is 5.70. The summed E-state index contributed by atoms with van der Waals surface area (Å²) in [6.45, 7) is 6.90. The Kier molecular flexibility index (Phi) is 4.46. The molecule has 0 aliphatic heterocycles. The maximum Gasteiger partial charge on any atom is 0.0644 e. The van der Waals surface area contributed by atoms with Gasteiger partial charge in [-0.05, 0) is 6.92 Å². The van der Waals surface area contributed by atoms with Crippen molar-refractivity contribution in [3.8, 4) is 0 Å². The van der Waals surface area contributed by atoms with E-state index >= 15 is 0 Å². The van der Waals surface area contributed by atoms with E-state index in [4.69, 9.17) is 4.74 Å². The Morgan fingerprint density at radius 3 is 2.67 bits per heavy atom. The van der Waals surface area contributed by atoms with E-state index in [1.165, 1.54) is 0 Å². The molecule has 0 heterocycles. The zero-order chi connectivity index (χ0) is 4.83. The molecule has 0 N–H and O–H groups in total. The van der Waals surface area contributed by atoms with Crippen molar-refractivity contribution in [3.05, 3.63) is 12.7 Å². The van der Waals surface area contributed by atoms with Crippen LogP contribution in [0.4, 0.5) is 0 Å². The van der Waals surface area contributed by atoms with E-state index in [-0.39, 0.29) is 0 Å². The maximum absolute atomic E-state index is 4.86. The van der Waals surface area contributed by atoms with Gasteiger partial charge in [0, 0.05) is 6.61 Å². The first-order chi connectivity index (χ1) is 2.91. The lowest BCUT2D eigenvalue weighted by Crippen LogP contribution is -1.86. The predicted octanol–water partition coefficient (Wildman–Crippen LogP) is 1.21. The second kappa shape index (κ2) is 4.70. The van der Waals surface area contributed by atoms with Crippen molar-refractivity contribution < 1.29 is 4.74 Å². The van der Waals surface area contributed by atoms with E-state index in [1.54, 1.807) is 6.08 Å². The van der Waals surface area contributed by atoms with Crippen molar-refractivity contribution in [2.45, 2.75) is 6.92 Å². The van der Waals surface area contributed by atoms with Crippen LogP contribution in [0, 0.1) is 0 Å². The quantitative estimate of drug-likeness (QED) is 0.285. The highest BCUT2D eigenvalue weighted by atomic mass is 16.5. The van der Waals surface area contributed by atoms with Crippen LogP contribution < -0.4 is 0 Å². The summed E-state index contributed by atoms with van der Waals surface area (Å²) in [4.78, 5) is 0. The number of ether oxygens (including phenoxy) is 1. The van der Waals surface area contributed by atoms with Gasteiger partial charge in [0.2, 0.25) is 0 Å². The lowest BCUT2D eigenvalue weighted by atomic mass is 10.7. The Morgan fingerprint density at radius 1 is 1.83 bits per heavy atom. The van der Waals surface area contributed by atoms with Crippen LogP contribution in [-0.2, 0) is 4.74 Å². The van der Waals surface area contributed by atoms with Crippen molar-refractivity contribution in [2.24, 2.45) is 0 Å². The fourth-order valence-corrected chi connectivity index (χ4v) is 0.201.